The minimum Gasteiger partial charge on any atom is -0.309 e. The number of rotatable bonds is 14. The molecule has 6 heterocycles. The molecular formula is C116H74N10. The Kier molecular flexibility index (Phi) is 18.7. The highest BCUT2D eigenvalue weighted by atomic mass is 15.1. The van der Waals surface area contributed by atoms with Crippen LogP contribution >= 0.6 is 0 Å². The van der Waals surface area contributed by atoms with Gasteiger partial charge in [-0.3, -0.25) is 0 Å². The van der Waals surface area contributed by atoms with Crippen LogP contribution in [0.2, 0.25) is 0 Å². The summed E-state index contributed by atoms with van der Waals surface area (Å²) in [6.07, 6.45) is 0. The summed E-state index contributed by atoms with van der Waals surface area (Å²) >= 11 is 0. The second kappa shape index (κ2) is 31.8. The maximum atomic E-state index is 5.39. The molecule has 10 heteroatoms. The van der Waals surface area contributed by atoms with E-state index in [2.05, 4.69) is 397 Å². The van der Waals surface area contributed by atoms with Crippen molar-refractivity contribution in [3.05, 3.63) is 449 Å². The van der Waals surface area contributed by atoms with E-state index in [0.29, 0.717) is 34.9 Å². The Morgan fingerprint density at radius 3 is 0.786 bits per heavy atom. The highest BCUT2D eigenvalue weighted by Gasteiger charge is 2.23. The van der Waals surface area contributed by atoms with Crippen molar-refractivity contribution in [1.82, 2.24) is 49.0 Å². The molecule has 0 atom stereocenters. The van der Waals surface area contributed by atoms with E-state index in [9.17, 15) is 0 Å². The monoisotopic (exact) mass is 1610 g/mol. The molecule has 0 spiro atoms. The van der Waals surface area contributed by atoms with Crippen LogP contribution in [0, 0.1) is 0 Å². The van der Waals surface area contributed by atoms with Crippen LogP contribution in [0.5, 0.6) is 0 Å². The fourth-order valence-electron chi connectivity index (χ4n) is 18.1. The van der Waals surface area contributed by atoms with E-state index in [1.807, 2.05) is 60.7 Å². The number of pyridine rings is 2. The first kappa shape index (κ1) is 74.0. The van der Waals surface area contributed by atoms with Crippen molar-refractivity contribution in [2.75, 3.05) is 0 Å². The van der Waals surface area contributed by atoms with Gasteiger partial charge in [-0.15, -0.1) is 0 Å². The van der Waals surface area contributed by atoms with Gasteiger partial charge in [-0.05, 0) is 129 Å². The van der Waals surface area contributed by atoms with Gasteiger partial charge in [-0.1, -0.05) is 364 Å². The fraction of sp³-hybridized carbons (Fsp3) is 0. The Morgan fingerprint density at radius 2 is 0.405 bits per heavy atom. The lowest BCUT2D eigenvalue weighted by Gasteiger charge is -2.15. The first-order valence-electron chi connectivity index (χ1n) is 42.4. The molecule has 588 valence electrons. The Hall–Kier alpha value is -17.1. The molecule has 18 aromatic carbocycles. The average Bonchev–Trinajstić information content (AvgIpc) is 1.08. The maximum Gasteiger partial charge on any atom is 0.164 e. The number of fused-ring (bicyclic) bond motifs is 12. The molecule has 126 heavy (non-hydrogen) atoms. The van der Waals surface area contributed by atoms with Crippen LogP contribution in [-0.4, -0.2) is 49.0 Å². The first-order chi connectivity index (χ1) is 62.5. The van der Waals surface area contributed by atoms with Gasteiger partial charge in [0.1, 0.15) is 0 Å². The second-order valence-corrected chi connectivity index (χ2v) is 31.6. The molecule has 24 rings (SSSR count). The molecule has 0 fully saturated rings. The molecule has 0 aliphatic carbocycles. The summed E-state index contributed by atoms with van der Waals surface area (Å²) in [5, 5.41) is 11.8. The SMILES string of the molecule is c1ccc(-c2nc(-c3ccc(-n4c5ccccc5c5ccccc54)cc3)nc(-c3cccc(-c4ccc5c(c4)nc(-c4ccccc4)c4cccc(-c6ccccc6)c45)c3)n2)cc1.c1ccc(-c2nc(-c3cccc(-c4ccc5c(c4)nc(-c4ccccc4)c4cccc(-c6ccccc6)c45)c3)nc(-c3cccc(-n4c5ccccc5c5ccccc54)c3)n2)cc1. The minimum absolute atomic E-state index is 0.603. The van der Waals surface area contributed by atoms with Gasteiger partial charge in [0.25, 0.3) is 0 Å². The minimum atomic E-state index is 0.603. The van der Waals surface area contributed by atoms with E-state index in [-0.39, 0.29) is 0 Å². The summed E-state index contributed by atoms with van der Waals surface area (Å²) in [4.78, 5) is 41.5. The lowest BCUT2D eigenvalue weighted by Crippen LogP contribution is -2.01. The van der Waals surface area contributed by atoms with Crippen LogP contribution in [0.1, 0.15) is 0 Å². The number of aromatic nitrogens is 10. The summed E-state index contributed by atoms with van der Waals surface area (Å²) in [6, 6.07) is 157. The van der Waals surface area contributed by atoms with Crippen LogP contribution in [0.15, 0.2) is 449 Å². The quantitative estimate of drug-likeness (QED) is 0.0990. The molecule has 0 aliphatic rings. The lowest BCUT2D eigenvalue weighted by atomic mass is 9.92. The normalized spacial score (nSPS) is 11.5. The molecule has 24 aromatic rings. The van der Waals surface area contributed by atoms with Gasteiger partial charge in [0.15, 0.2) is 34.9 Å². The summed E-state index contributed by atoms with van der Waals surface area (Å²) in [5.74, 6) is 3.67. The largest absolute Gasteiger partial charge is 0.309 e. The van der Waals surface area contributed by atoms with Crippen molar-refractivity contribution < 1.29 is 0 Å². The van der Waals surface area contributed by atoms with Crippen molar-refractivity contribution >= 4 is 87.0 Å². The van der Waals surface area contributed by atoms with Crippen molar-refractivity contribution in [3.63, 3.8) is 0 Å². The number of benzene rings is 18. The number of para-hydroxylation sites is 4. The molecule has 0 aliphatic heterocycles. The highest BCUT2D eigenvalue weighted by molar-refractivity contribution is 6.19. The molecule has 6 aromatic heterocycles. The van der Waals surface area contributed by atoms with E-state index >= 15 is 0 Å². The predicted molar refractivity (Wildman–Crippen MR) is 519 cm³/mol. The van der Waals surface area contributed by atoms with Crippen molar-refractivity contribution in [2.45, 2.75) is 0 Å². The van der Waals surface area contributed by atoms with Crippen molar-refractivity contribution in [1.29, 1.82) is 0 Å². The molecule has 0 saturated carbocycles. The second-order valence-electron chi connectivity index (χ2n) is 31.6. The van der Waals surface area contributed by atoms with E-state index in [0.717, 1.165) is 133 Å². The average molecular weight is 1610 g/mol. The number of hydrogen-bond acceptors (Lipinski definition) is 8. The Morgan fingerprint density at radius 1 is 0.143 bits per heavy atom. The third-order valence-corrected chi connectivity index (χ3v) is 24.1. The maximum absolute atomic E-state index is 5.39. The molecule has 10 nitrogen and oxygen atoms in total. The summed E-state index contributed by atoms with van der Waals surface area (Å²) < 4.78 is 4.65. The van der Waals surface area contributed by atoms with Gasteiger partial charge >= 0.3 is 0 Å². The summed E-state index contributed by atoms with van der Waals surface area (Å²) in [5.41, 5.74) is 27.2. The van der Waals surface area contributed by atoms with Gasteiger partial charge in [0.2, 0.25) is 0 Å². The molecule has 0 saturated heterocycles. The van der Waals surface area contributed by atoms with Gasteiger partial charge in [-0.25, -0.2) is 39.9 Å². The van der Waals surface area contributed by atoms with Crippen molar-refractivity contribution in [2.24, 2.45) is 0 Å². The standard InChI is InChI=1S/2C58H37N5/c1-4-17-38(18-5-1)46-29-16-30-50-54(46)49-34-33-42(37-51(49)59-55(50)39-19-6-2-7-20-39)41-23-14-24-43(35-41)57-60-56(40-21-8-3-9-22-40)61-58(62-57)44-25-15-26-45(36-44)63-52-31-12-10-27-47(52)48-28-11-13-32-53(48)63;1-4-16-38(17-5-1)46-26-15-27-50-54(46)49-35-32-43(37-51(49)59-55(50)39-18-6-2-7-19-39)42-22-14-23-44(36-42)58-61-56(40-20-8-3-9-21-40)60-57(62-58)41-30-33-45(34-31-41)63-52-28-12-10-24-47(52)48-25-11-13-29-53(48)63/h2*1-37H. The predicted octanol–water partition coefficient (Wildman–Crippen LogP) is 29.3. The lowest BCUT2D eigenvalue weighted by molar-refractivity contribution is 1.07. The topological polar surface area (TPSA) is 113 Å². The van der Waals surface area contributed by atoms with Gasteiger partial charge in [0.05, 0.1) is 44.5 Å². The summed E-state index contributed by atoms with van der Waals surface area (Å²) in [6.45, 7) is 0. The zero-order valence-corrected chi connectivity index (χ0v) is 68.2. The Labute approximate surface area is 726 Å². The zero-order valence-electron chi connectivity index (χ0n) is 68.2. The summed E-state index contributed by atoms with van der Waals surface area (Å²) in [7, 11) is 0. The van der Waals surface area contributed by atoms with E-state index in [4.69, 9.17) is 39.9 Å². The molecule has 0 N–H and O–H groups in total. The van der Waals surface area contributed by atoms with E-state index in [1.165, 1.54) is 65.6 Å². The molecule has 0 unspecified atom stereocenters. The third-order valence-electron chi connectivity index (χ3n) is 24.1. The van der Waals surface area contributed by atoms with Gasteiger partial charge < -0.3 is 9.13 Å². The van der Waals surface area contributed by atoms with Gasteiger partial charge in [-0.2, -0.15) is 0 Å². The smallest absolute Gasteiger partial charge is 0.164 e. The Balaban J connectivity index is 0.000000145. The first-order valence-corrected chi connectivity index (χ1v) is 42.4. The van der Waals surface area contributed by atoms with Crippen LogP contribution < -0.4 is 0 Å². The molecule has 0 bridgehead atoms. The highest BCUT2D eigenvalue weighted by Crippen LogP contribution is 2.45. The molecule has 0 radical (unpaired) electrons. The zero-order chi connectivity index (χ0) is 83.4. The van der Waals surface area contributed by atoms with Crippen LogP contribution in [0.25, 0.3) is 234 Å². The van der Waals surface area contributed by atoms with Crippen LogP contribution in [-0.2, 0) is 0 Å². The third kappa shape index (κ3) is 13.6. The van der Waals surface area contributed by atoms with Gasteiger partial charge in [0, 0.05) is 110 Å². The van der Waals surface area contributed by atoms with Crippen LogP contribution in [0.4, 0.5) is 0 Å². The van der Waals surface area contributed by atoms with E-state index in [1.54, 1.807) is 0 Å². The number of hydrogen-bond donors (Lipinski definition) is 0. The Bertz CT molecular complexity index is 8200. The fourth-order valence-corrected chi connectivity index (χ4v) is 18.1. The molecular weight excluding hydrogens is 1530 g/mol. The van der Waals surface area contributed by atoms with Crippen LogP contribution in [0.3, 0.4) is 0 Å². The molecule has 0 amide bonds. The number of nitrogens with zero attached hydrogens (tertiary/aromatic N) is 10. The van der Waals surface area contributed by atoms with Crippen molar-refractivity contribution in [3.8, 4) is 147 Å². The van der Waals surface area contributed by atoms with E-state index < -0.39 is 0 Å².